The summed E-state index contributed by atoms with van der Waals surface area (Å²) in [7, 11) is 4.87. The lowest BCUT2D eigenvalue weighted by molar-refractivity contribution is 0.0367. The Labute approximate surface area is 213 Å². The number of anilines is 3. The molecule has 0 atom stereocenters. The van der Waals surface area contributed by atoms with E-state index in [0.29, 0.717) is 34.6 Å². The Morgan fingerprint density at radius 3 is 2.31 bits per heavy atom. The number of H-pyrrole nitrogens is 1. The molecule has 2 aromatic carbocycles. The van der Waals surface area contributed by atoms with E-state index in [0.717, 1.165) is 40.7 Å². The minimum absolute atomic E-state index is 0.568. The van der Waals surface area contributed by atoms with Crippen LogP contribution in [0, 0.1) is 0 Å². The first kappa shape index (κ1) is 24.1. The fourth-order valence-electron chi connectivity index (χ4n) is 3.61. The topological polar surface area (TPSA) is 116 Å². The Bertz CT molecular complexity index is 1290. The molecule has 6 rings (SSSR count). The van der Waals surface area contributed by atoms with Crippen molar-refractivity contribution in [2.45, 2.75) is 30.1 Å². The average molecular weight is 512 g/mol. The second kappa shape index (κ2) is 11.0. The first-order valence-corrected chi connectivity index (χ1v) is 12.5. The number of nitrogens with one attached hydrogen (secondary N) is 3. The summed E-state index contributed by atoms with van der Waals surface area (Å²) in [6.45, 7) is 2.00. The van der Waals surface area contributed by atoms with Crippen molar-refractivity contribution in [3.8, 4) is 17.2 Å². The molecule has 1 saturated carbocycles. The Kier molecular flexibility index (Phi) is 7.38. The van der Waals surface area contributed by atoms with E-state index in [9.17, 15) is 0 Å². The molecule has 1 aliphatic carbocycles. The SMILES string of the molecule is C1COC1.COc1cc2c(NSc3c(OC)cccc3OC)noc2cc1Nc1cc(C2CC2)[nH]n1. The van der Waals surface area contributed by atoms with Gasteiger partial charge in [0.2, 0.25) is 0 Å². The maximum absolute atomic E-state index is 5.61. The van der Waals surface area contributed by atoms with Crippen molar-refractivity contribution < 1.29 is 23.5 Å². The van der Waals surface area contributed by atoms with Gasteiger partial charge in [0.15, 0.2) is 17.2 Å². The lowest BCUT2D eigenvalue weighted by Crippen LogP contribution is -2.09. The van der Waals surface area contributed by atoms with Gasteiger partial charge in [0.25, 0.3) is 0 Å². The van der Waals surface area contributed by atoms with Gasteiger partial charge in [-0.1, -0.05) is 11.2 Å². The Hall–Kier alpha value is -3.57. The van der Waals surface area contributed by atoms with Crippen LogP contribution in [0.5, 0.6) is 17.2 Å². The molecule has 0 bridgehead atoms. The first-order chi connectivity index (χ1) is 17.7. The summed E-state index contributed by atoms with van der Waals surface area (Å²) in [6, 6.07) is 11.4. The third-order valence-corrected chi connectivity index (χ3v) is 6.78. The van der Waals surface area contributed by atoms with Crippen molar-refractivity contribution in [1.82, 2.24) is 15.4 Å². The van der Waals surface area contributed by atoms with Crippen molar-refractivity contribution in [1.29, 1.82) is 0 Å². The molecule has 10 nitrogen and oxygen atoms in total. The summed E-state index contributed by atoms with van der Waals surface area (Å²) in [6.07, 6.45) is 3.70. The average Bonchev–Trinajstić information content (AvgIpc) is 3.49. The van der Waals surface area contributed by atoms with Crippen LogP contribution in [0.15, 0.2) is 45.8 Å². The molecule has 0 unspecified atom stereocenters. The smallest absolute Gasteiger partial charge is 0.187 e. The van der Waals surface area contributed by atoms with E-state index in [2.05, 4.69) is 25.4 Å². The van der Waals surface area contributed by atoms with Crippen LogP contribution < -0.4 is 24.2 Å². The number of methoxy groups -OCH3 is 3. The Balaban J connectivity index is 0.000000608. The van der Waals surface area contributed by atoms with Gasteiger partial charge in [-0.05, 0) is 49.4 Å². The van der Waals surface area contributed by atoms with Crippen LogP contribution in [-0.4, -0.2) is 49.9 Å². The van der Waals surface area contributed by atoms with Crippen LogP contribution in [0.25, 0.3) is 11.0 Å². The van der Waals surface area contributed by atoms with E-state index in [1.807, 2.05) is 36.4 Å². The number of aromatic amines is 1. The van der Waals surface area contributed by atoms with Gasteiger partial charge in [-0.3, -0.25) is 5.10 Å². The van der Waals surface area contributed by atoms with Crippen molar-refractivity contribution in [3.05, 3.63) is 42.1 Å². The number of rotatable bonds is 9. The maximum Gasteiger partial charge on any atom is 0.187 e. The van der Waals surface area contributed by atoms with Crippen molar-refractivity contribution in [2.24, 2.45) is 0 Å². The van der Waals surface area contributed by atoms with Crippen molar-refractivity contribution >= 4 is 40.2 Å². The number of ether oxygens (including phenoxy) is 4. The lowest BCUT2D eigenvalue weighted by Gasteiger charge is -2.12. The molecule has 1 aliphatic heterocycles. The van der Waals surface area contributed by atoms with Crippen LogP contribution in [-0.2, 0) is 4.74 Å². The minimum atomic E-state index is 0.568. The standard InChI is InChI=1S/C22H23N5O4S.C3H6O/c1-28-16-5-4-6-17(29-2)21(16)32-27-22-13-9-19(30-3)15(10-18(13)31-26-22)23-20-11-14(24-25-20)12-7-8-12;1-2-4-3-1/h4-6,9-12H,7-8H2,1-3H3,(H,26,27)(H2,23,24,25);1-3H2. The fraction of sp³-hybridized carbons (Fsp3) is 0.360. The second-order valence-electron chi connectivity index (χ2n) is 8.35. The molecule has 0 spiro atoms. The molecule has 11 heteroatoms. The van der Waals surface area contributed by atoms with E-state index < -0.39 is 0 Å². The Morgan fingerprint density at radius 1 is 1.00 bits per heavy atom. The van der Waals surface area contributed by atoms with Crippen LogP contribution in [0.4, 0.5) is 17.3 Å². The molecule has 1 saturated heterocycles. The molecule has 3 heterocycles. The number of hydrogen-bond donors (Lipinski definition) is 3. The van der Waals surface area contributed by atoms with Crippen molar-refractivity contribution in [3.63, 3.8) is 0 Å². The maximum atomic E-state index is 5.61. The highest BCUT2D eigenvalue weighted by molar-refractivity contribution is 8.00. The molecular formula is C25H29N5O5S. The minimum Gasteiger partial charge on any atom is -0.495 e. The van der Waals surface area contributed by atoms with Gasteiger partial charge in [-0.25, -0.2) is 0 Å². The third-order valence-electron chi connectivity index (χ3n) is 5.88. The van der Waals surface area contributed by atoms with Gasteiger partial charge in [0, 0.05) is 37.0 Å². The summed E-state index contributed by atoms with van der Waals surface area (Å²) >= 11 is 1.33. The molecule has 2 aliphatic rings. The highest BCUT2D eigenvalue weighted by atomic mass is 32.2. The predicted molar refractivity (Wildman–Crippen MR) is 139 cm³/mol. The number of fused-ring (bicyclic) bond motifs is 1. The van der Waals surface area contributed by atoms with Gasteiger partial charge >= 0.3 is 0 Å². The van der Waals surface area contributed by atoms with E-state index in [1.54, 1.807) is 21.3 Å². The normalized spacial score (nSPS) is 14.4. The monoisotopic (exact) mass is 511 g/mol. The van der Waals surface area contributed by atoms with Crippen LogP contribution in [0.3, 0.4) is 0 Å². The number of benzene rings is 2. The largest absolute Gasteiger partial charge is 0.495 e. The third kappa shape index (κ3) is 5.31. The zero-order valence-electron chi connectivity index (χ0n) is 20.4. The molecule has 3 N–H and O–H groups in total. The summed E-state index contributed by atoms with van der Waals surface area (Å²) in [4.78, 5) is 0.809. The van der Waals surface area contributed by atoms with E-state index in [-0.39, 0.29) is 0 Å². The first-order valence-electron chi connectivity index (χ1n) is 11.7. The molecule has 36 heavy (non-hydrogen) atoms. The van der Waals surface area contributed by atoms with Crippen LogP contribution >= 0.6 is 11.9 Å². The number of hydrogen-bond acceptors (Lipinski definition) is 10. The molecule has 0 radical (unpaired) electrons. The molecule has 2 aromatic heterocycles. The molecule has 4 aromatic rings. The molecule has 2 fully saturated rings. The summed E-state index contributed by atoms with van der Waals surface area (Å²) in [5.74, 6) is 3.95. The quantitative estimate of drug-likeness (QED) is 0.241. The van der Waals surface area contributed by atoms with Gasteiger partial charge in [-0.15, -0.1) is 0 Å². The fourth-order valence-corrected chi connectivity index (χ4v) is 4.46. The molecule has 0 amide bonds. The predicted octanol–water partition coefficient (Wildman–Crippen LogP) is 5.72. The number of nitrogens with zero attached hydrogens (tertiary/aromatic N) is 2. The van der Waals surface area contributed by atoms with E-state index in [4.69, 9.17) is 23.5 Å². The molecular weight excluding hydrogens is 482 g/mol. The van der Waals surface area contributed by atoms with E-state index >= 15 is 0 Å². The number of aromatic nitrogens is 3. The second-order valence-corrected chi connectivity index (χ2v) is 9.17. The van der Waals surface area contributed by atoms with Gasteiger partial charge < -0.3 is 33.5 Å². The van der Waals surface area contributed by atoms with Crippen molar-refractivity contribution in [2.75, 3.05) is 44.6 Å². The van der Waals surface area contributed by atoms with E-state index in [1.165, 1.54) is 31.2 Å². The van der Waals surface area contributed by atoms with Gasteiger partial charge in [0.1, 0.15) is 22.1 Å². The van der Waals surface area contributed by atoms with Crippen LogP contribution in [0.2, 0.25) is 0 Å². The lowest BCUT2D eigenvalue weighted by atomic mass is 10.2. The highest BCUT2D eigenvalue weighted by Gasteiger charge is 2.25. The summed E-state index contributed by atoms with van der Waals surface area (Å²) < 4.78 is 30.0. The van der Waals surface area contributed by atoms with Gasteiger partial charge in [0.05, 0.1) is 32.4 Å². The highest BCUT2D eigenvalue weighted by Crippen LogP contribution is 2.42. The zero-order chi connectivity index (χ0) is 24.9. The summed E-state index contributed by atoms with van der Waals surface area (Å²) in [5.41, 5.74) is 2.51. The zero-order valence-corrected chi connectivity index (χ0v) is 21.2. The van der Waals surface area contributed by atoms with Crippen LogP contribution in [0.1, 0.15) is 30.9 Å². The Morgan fingerprint density at radius 2 is 1.69 bits per heavy atom. The van der Waals surface area contributed by atoms with Gasteiger partial charge in [-0.2, -0.15) is 5.10 Å². The summed E-state index contributed by atoms with van der Waals surface area (Å²) in [5, 5.41) is 15.7. The molecule has 190 valence electrons.